The van der Waals surface area contributed by atoms with Crippen LogP contribution in [0, 0.1) is 17.6 Å². The number of fused-ring (bicyclic) bond motifs is 1. The predicted molar refractivity (Wildman–Crippen MR) is 211 cm³/mol. The van der Waals surface area contributed by atoms with Crippen LogP contribution in [0.2, 0.25) is 0 Å². The minimum atomic E-state index is -1.64. The fourth-order valence-electron chi connectivity index (χ4n) is 8.15. The Morgan fingerprint density at radius 3 is 2.28 bits per heavy atom. The van der Waals surface area contributed by atoms with Crippen LogP contribution in [-0.2, 0) is 39.9 Å². The highest BCUT2D eigenvalue weighted by Crippen LogP contribution is 2.34. The maximum absolute atomic E-state index is 14.2. The third-order valence-electron chi connectivity index (χ3n) is 11.2. The number of benzene rings is 2. The van der Waals surface area contributed by atoms with Crippen LogP contribution in [0.4, 0.5) is 19.3 Å². The van der Waals surface area contributed by atoms with Gasteiger partial charge in [-0.05, 0) is 75.8 Å². The first-order valence-corrected chi connectivity index (χ1v) is 20.2. The summed E-state index contributed by atoms with van der Waals surface area (Å²) in [6.07, 6.45) is -0.869. The van der Waals surface area contributed by atoms with Crippen molar-refractivity contribution in [2.45, 2.75) is 95.7 Å². The van der Waals surface area contributed by atoms with E-state index in [9.17, 15) is 47.4 Å². The summed E-state index contributed by atoms with van der Waals surface area (Å²) in [5, 5.41) is 21.0. The molecule has 4 aliphatic heterocycles. The largest absolute Gasteiger partial charge is 0.454 e. The van der Waals surface area contributed by atoms with Crippen LogP contribution in [0.5, 0.6) is 11.5 Å². The Kier molecular flexibility index (Phi) is 14.1. The van der Waals surface area contributed by atoms with Crippen LogP contribution in [-0.4, -0.2) is 143 Å². The van der Waals surface area contributed by atoms with Gasteiger partial charge < -0.3 is 55.3 Å². The number of morpholine rings is 1. The molecule has 0 bridgehead atoms. The molecule has 330 valence electrons. The molecule has 8 atom stereocenters. The standard InChI is InChI=1S/C41H51F2N7O11/c1-21-12-31(23(3)51)50(18-21)38(55)22(2)44-37(54)32-19-59-11-10-49(32)39(56)30-6-5-9-48(30)40(57)35(24(4)52)47-36(53)29(15-25-13-26(42)16-27(43)14-25)46-41(58)45-28-7-8-33-34(17-28)61-20-60-33/h7-8,13-14,16-17,21-22,24,29-32,35,52H,5-6,9-12,15,18-20H2,1-4H3,(H,44,54)(H,47,53)(H2,45,46,58)/t21-,22+,24+,29+,30+,31+,32+,35+/m1/s1. The third-order valence-corrected chi connectivity index (χ3v) is 11.2. The second-order valence-electron chi connectivity index (χ2n) is 15.9. The topological polar surface area (TPSA) is 225 Å². The van der Waals surface area contributed by atoms with Gasteiger partial charge in [-0.1, -0.05) is 6.92 Å². The second-order valence-corrected chi connectivity index (χ2v) is 15.9. The van der Waals surface area contributed by atoms with Gasteiger partial charge >= 0.3 is 6.03 Å². The van der Waals surface area contributed by atoms with Crippen LogP contribution in [0.25, 0.3) is 0 Å². The molecule has 7 amide bonds. The number of amides is 7. The summed E-state index contributed by atoms with van der Waals surface area (Å²) in [7, 11) is 0. The van der Waals surface area contributed by atoms with Crippen molar-refractivity contribution in [3.05, 3.63) is 53.6 Å². The van der Waals surface area contributed by atoms with Gasteiger partial charge in [0, 0.05) is 43.9 Å². The van der Waals surface area contributed by atoms with Crippen LogP contribution >= 0.6 is 0 Å². The van der Waals surface area contributed by atoms with Crippen LogP contribution in [0.1, 0.15) is 52.5 Å². The maximum atomic E-state index is 14.2. The number of hydrogen-bond acceptors (Lipinski definition) is 11. The van der Waals surface area contributed by atoms with Gasteiger partial charge in [-0.3, -0.25) is 28.8 Å². The Hall–Kier alpha value is -5.89. The quantitative estimate of drug-likeness (QED) is 0.190. The second kappa shape index (κ2) is 19.2. The smallest absolute Gasteiger partial charge is 0.319 e. The molecular formula is C41H51F2N7O11. The molecule has 0 saturated carbocycles. The number of ether oxygens (including phenoxy) is 3. The van der Waals surface area contributed by atoms with Crippen molar-refractivity contribution in [2.24, 2.45) is 5.92 Å². The number of nitrogens with zero attached hydrogens (tertiary/aromatic N) is 3. The van der Waals surface area contributed by atoms with Gasteiger partial charge in [0.05, 0.1) is 25.4 Å². The summed E-state index contributed by atoms with van der Waals surface area (Å²) in [4.78, 5) is 98.8. The van der Waals surface area contributed by atoms with E-state index in [4.69, 9.17) is 14.2 Å². The number of aliphatic hydroxyl groups is 1. The number of carbonyl (C=O) groups excluding carboxylic acids is 7. The van der Waals surface area contributed by atoms with E-state index in [1.807, 2.05) is 6.92 Å². The number of carbonyl (C=O) groups is 7. The Bertz CT molecular complexity index is 2020. The molecule has 3 fully saturated rings. The first-order chi connectivity index (χ1) is 29.0. The summed E-state index contributed by atoms with van der Waals surface area (Å²) in [6, 6.07) is -0.775. The maximum Gasteiger partial charge on any atom is 0.319 e. The van der Waals surface area contributed by atoms with E-state index in [0.29, 0.717) is 37.0 Å². The minimum Gasteiger partial charge on any atom is -0.454 e. The molecule has 0 spiro atoms. The van der Waals surface area contributed by atoms with Crippen LogP contribution in [0.3, 0.4) is 0 Å². The lowest BCUT2D eigenvalue weighted by atomic mass is 10.0. The van der Waals surface area contributed by atoms with Gasteiger partial charge in [0.15, 0.2) is 17.3 Å². The number of hydrogen-bond donors (Lipinski definition) is 5. The molecule has 20 heteroatoms. The van der Waals surface area contributed by atoms with Gasteiger partial charge in [0.2, 0.25) is 36.3 Å². The van der Waals surface area contributed by atoms with Crippen molar-refractivity contribution in [1.29, 1.82) is 0 Å². The zero-order valence-corrected chi connectivity index (χ0v) is 34.3. The minimum absolute atomic E-state index is 0.0000760. The Morgan fingerprint density at radius 2 is 1.57 bits per heavy atom. The zero-order chi connectivity index (χ0) is 44.1. The molecule has 61 heavy (non-hydrogen) atoms. The zero-order valence-electron chi connectivity index (χ0n) is 34.3. The molecule has 0 unspecified atom stereocenters. The van der Waals surface area contributed by atoms with Gasteiger partial charge in [-0.2, -0.15) is 0 Å². The number of Topliss-reactive ketones (excluding diaryl/α,β-unsaturated/α-hetero) is 1. The summed E-state index contributed by atoms with van der Waals surface area (Å²) >= 11 is 0. The van der Waals surface area contributed by atoms with Crippen LogP contribution < -0.4 is 30.7 Å². The van der Waals surface area contributed by atoms with Crippen molar-refractivity contribution < 1.29 is 61.7 Å². The number of halogens is 2. The first kappa shape index (κ1) is 44.7. The number of likely N-dealkylation sites (tertiary alicyclic amines) is 2. The summed E-state index contributed by atoms with van der Waals surface area (Å²) < 4.78 is 44.6. The molecule has 6 rings (SSSR count). The normalized spacial score (nSPS) is 22.8. The number of aliphatic hydroxyl groups excluding tert-OH is 1. The number of anilines is 1. The number of urea groups is 1. The van der Waals surface area contributed by atoms with Crippen molar-refractivity contribution >= 4 is 47.0 Å². The first-order valence-electron chi connectivity index (χ1n) is 20.2. The Labute approximate surface area is 350 Å². The molecular weight excluding hydrogens is 804 g/mol. The molecule has 4 aliphatic rings. The van der Waals surface area contributed by atoms with Crippen LogP contribution in [0.15, 0.2) is 36.4 Å². The molecule has 5 N–H and O–H groups in total. The van der Waals surface area contributed by atoms with E-state index in [0.717, 1.165) is 12.1 Å². The van der Waals surface area contributed by atoms with Crippen molar-refractivity contribution in [2.75, 3.05) is 45.0 Å². The van der Waals surface area contributed by atoms with E-state index in [-0.39, 0.29) is 62.5 Å². The average molecular weight is 856 g/mol. The lowest BCUT2D eigenvalue weighted by Crippen LogP contribution is -2.63. The van der Waals surface area contributed by atoms with E-state index >= 15 is 0 Å². The average Bonchev–Trinajstić information content (AvgIpc) is 3.98. The predicted octanol–water partition coefficient (Wildman–Crippen LogP) is 0.841. The van der Waals surface area contributed by atoms with Crippen molar-refractivity contribution in [1.82, 2.24) is 30.7 Å². The lowest BCUT2D eigenvalue weighted by Gasteiger charge is -2.39. The lowest BCUT2D eigenvalue weighted by molar-refractivity contribution is -0.156. The Balaban J connectivity index is 1.14. The SMILES string of the molecule is CC(=O)[C@@H]1C[C@@H](C)CN1C(=O)[C@H](C)NC(=O)[C@@H]1COCCN1C(=O)[C@@H]1CCCN1C(=O)[C@@H](NC(=O)[C@H](Cc1cc(F)cc(F)c1)NC(=O)Nc1ccc2c(c1)OCO2)[C@H](C)O. The molecule has 0 aliphatic carbocycles. The highest BCUT2D eigenvalue weighted by Gasteiger charge is 2.45. The molecule has 2 aromatic carbocycles. The summed E-state index contributed by atoms with van der Waals surface area (Å²) in [5.74, 6) is -4.58. The fourth-order valence-corrected chi connectivity index (χ4v) is 8.15. The van der Waals surface area contributed by atoms with E-state index in [2.05, 4.69) is 21.3 Å². The van der Waals surface area contributed by atoms with Gasteiger partial charge in [0.25, 0.3) is 0 Å². The molecule has 2 aromatic rings. The van der Waals surface area contributed by atoms with E-state index < -0.39 is 96.0 Å². The highest BCUT2D eigenvalue weighted by molar-refractivity contribution is 5.98. The van der Waals surface area contributed by atoms with Gasteiger partial charge in [-0.25, -0.2) is 13.6 Å². The monoisotopic (exact) mass is 855 g/mol. The molecule has 4 heterocycles. The molecule has 0 radical (unpaired) electrons. The fraction of sp³-hybridized carbons (Fsp3) is 0.537. The number of nitrogens with one attached hydrogen (secondary N) is 4. The molecule has 3 saturated heterocycles. The third kappa shape index (κ3) is 10.5. The van der Waals surface area contributed by atoms with Gasteiger partial charge in [-0.15, -0.1) is 0 Å². The summed E-state index contributed by atoms with van der Waals surface area (Å²) in [5.41, 5.74) is 0.266. The molecule has 18 nitrogen and oxygen atoms in total. The van der Waals surface area contributed by atoms with Gasteiger partial charge in [0.1, 0.15) is 41.8 Å². The summed E-state index contributed by atoms with van der Waals surface area (Å²) in [6.45, 7) is 6.41. The van der Waals surface area contributed by atoms with E-state index in [1.54, 1.807) is 6.07 Å². The Morgan fingerprint density at radius 1 is 0.852 bits per heavy atom. The number of ketones is 1. The number of rotatable bonds is 13. The molecule has 0 aromatic heterocycles. The van der Waals surface area contributed by atoms with Crippen molar-refractivity contribution in [3.63, 3.8) is 0 Å². The van der Waals surface area contributed by atoms with E-state index in [1.165, 1.54) is 47.6 Å². The van der Waals surface area contributed by atoms with Crippen molar-refractivity contribution in [3.8, 4) is 11.5 Å². The highest BCUT2D eigenvalue weighted by atomic mass is 19.1.